The second-order valence-corrected chi connectivity index (χ2v) is 7.77. The molecule has 1 aromatic heterocycles. The van der Waals surface area contributed by atoms with Crippen LogP contribution in [0, 0.1) is 0 Å². The van der Waals surface area contributed by atoms with Crippen molar-refractivity contribution in [2.24, 2.45) is 0 Å². The summed E-state index contributed by atoms with van der Waals surface area (Å²) in [5, 5.41) is 7.84. The quantitative estimate of drug-likeness (QED) is 0.622. The molecule has 0 radical (unpaired) electrons. The van der Waals surface area contributed by atoms with E-state index in [2.05, 4.69) is 70.7 Å². The third kappa shape index (κ3) is 4.54. The Balaban J connectivity index is 1.32. The van der Waals surface area contributed by atoms with Crippen molar-refractivity contribution >= 4 is 11.3 Å². The first kappa shape index (κ1) is 17.3. The van der Waals surface area contributed by atoms with Gasteiger partial charge >= 0.3 is 0 Å². The number of benzene rings is 2. The molecule has 4 rings (SSSR count). The lowest BCUT2D eigenvalue weighted by Gasteiger charge is -2.23. The summed E-state index contributed by atoms with van der Waals surface area (Å²) in [6.45, 7) is 1.89. The summed E-state index contributed by atoms with van der Waals surface area (Å²) in [5.74, 6) is 0.967. The lowest BCUT2D eigenvalue weighted by molar-refractivity contribution is 0.239. The molecule has 0 amide bonds. The SMILES string of the molecule is c1cc(-c2ccc(Cc3ccc(OC[C@@H]4CCCCN4)cc3)cc2)cs1. The van der Waals surface area contributed by atoms with E-state index in [1.807, 2.05) is 0 Å². The van der Waals surface area contributed by atoms with Crippen molar-refractivity contribution in [3.8, 4) is 16.9 Å². The number of piperidine rings is 1. The van der Waals surface area contributed by atoms with E-state index in [1.165, 1.54) is 41.5 Å². The van der Waals surface area contributed by atoms with Gasteiger partial charge in [-0.25, -0.2) is 0 Å². The minimum absolute atomic E-state index is 0.505. The predicted molar refractivity (Wildman–Crippen MR) is 110 cm³/mol. The number of hydrogen-bond acceptors (Lipinski definition) is 3. The number of thiophene rings is 1. The van der Waals surface area contributed by atoms with Gasteiger partial charge in [0.05, 0.1) is 0 Å². The fraction of sp³-hybridized carbons (Fsp3) is 0.304. The lowest BCUT2D eigenvalue weighted by atomic mass is 10.0. The molecule has 1 aliphatic heterocycles. The van der Waals surface area contributed by atoms with Crippen molar-refractivity contribution < 1.29 is 4.74 Å². The van der Waals surface area contributed by atoms with Crippen molar-refractivity contribution in [3.05, 3.63) is 76.5 Å². The molecule has 1 fully saturated rings. The molecule has 26 heavy (non-hydrogen) atoms. The average molecular weight is 364 g/mol. The van der Waals surface area contributed by atoms with E-state index in [1.54, 1.807) is 11.3 Å². The molecule has 0 bridgehead atoms. The van der Waals surface area contributed by atoms with Gasteiger partial charge in [0.25, 0.3) is 0 Å². The van der Waals surface area contributed by atoms with Gasteiger partial charge < -0.3 is 10.1 Å². The molecule has 2 heterocycles. The summed E-state index contributed by atoms with van der Waals surface area (Å²) in [6, 6.07) is 20.1. The molecule has 2 nitrogen and oxygen atoms in total. The number of nitrogens with one attached hydrogen (secondary N) is 1. The van der Waals surface area contributed by atoms with E-state index in [4.69, 9.17) is 4.74 Å². The molecule has 1 saturated heterocycles. The van der Waals surface area contributed by atoms with Gasteiger partial charge in [-0.15, -0.1) is 0 Å². The molecule has 1 aliphatic rings. The van der Waals surface area contributed by atoms with Crippen LogP contribution in [0.1, 0.15) is 30.4 Å². The van der Waals surface area contributed by atoms with Crippen molar-refractivity contribution in [1.29, 1.82) is 0 Å². The summed E-state index contributed by atoms with van der Waals surface area (Å²) in [6.07, 6.45) is 4.78. The first-order valence-corrected chi connectivity index (χ1v) is 10.4. The van der Waals surface area contributed by atoms with Gasteiger partial charge in [0.15, 0.2) is 0 Å². The Morgan fingerprint density at radius 2 is 1.65 bits per heavy atom. The van der Waals surface area contributed by atoms with E-state index >= 15 is 0 Å². The van der Waals surface area contributed by atoms with Crippen molar-refractivity contribution in [1.82, 2.24) is 5.32 Å². The van der Waals surface area contributed by atoms with Crippen LogP contribution in [0.15, 0.2) is 65.4 Å². The van der Waals surface area contributed by atoms with Gasteiger partial charge in [-0.2, -0.15) is 11.3 Å². The zero-order chi connectivity index (χ0) is 17.6. The Morgan fingerprint density at radius 3 is 2.31 bits per heavy atom. The molecule has 1 atom stereocenters. The standard InChI is InChI=1S/C23H25NOS/c1-2-13-24-22(3-1)16-25-23-10-6-19(7-11-23)15-18-4-8-20(9-5-18)21-12-14-26-17-21/h4-12,14,17,22,24H,1-3,13,15-16H2/t22-/m0/s1. The van der Waals surface area contributed by atoms with Crippen LogP contribution < -0.4 is 10.1 Å². The summed E-state index contributed by atoms with van der Waals surface area (Å²) >= 11 is 1.74. The summed E-state index contributed by atoms with van der Waals surface area (Å²) in [7, 11) is 0. The summed E-state index contributed by atoms with van der Waals surface area (Å²) < 4.78 is 5.95. The molecule has 1 N–H and O–H groups in total. The molecule has 2 aromatic carbocycles. The normalized spacial score (nSPS) is 17.2. The van der Waals surface area contributed by atoms with Crippen LogP contribution in [0.5, 0.6) is 5.75 Å². The molecule has 0 aliphatic carbocycles. The molecule has 0 saturated carbocycles. The highest BCUT2D eigenvalue weighted by Crippen LogP contribution is 2.23. The van der Waals surface area contributed by atoms with Crippen LogP contribution in [0.2, 0.25) is 0 Å². The van der Waals surface area contributed by atoms with Crippen molar-refractivity contribution in [2.75, 3.05) is 13.2 Å². The summed E-state index contributed by atoms with van der Waals surface area (Å²) in [5.41, 5.74) is 5.24. The van der Waals surface area contributed by atoms with Crippen molar-refractivity contribution in [3.63, 3.8) is 0 Å². The van der Waals surface area contributed by atoms with Gasteiger partial charge in [-0.3, -0.25) is 0 Å². The number of ether oxygens (including phenoxy) is 1. The van der Waals surface area contributed by atoms with Crippen LogP contribution in [-0.2, 0) is 6.42 Å². The minimum atomic E-state index is 0.505. The fourth-order valence-corrected chi connectivity index (χ4v) is 4.11. The van der Waals surface area contributed by atoms with Crippen LogP contribution >= 0.6 is 11.3 Å². The van der Waals surface area contributed by atoms with Gasteiger partial charge in [-0.05, 0) is 77.0 Å². The van der Waals surface area contributed by atoms with Crippen LogP contribution in [0.3, 0.4) is 0 Å². The Hall–Kier alpha value is -2.10. The molecule has 0 unspecified atom stereocenters. The molecule has 3 heteroatoms. The maximum atomic E-state index is 5.95. The van der Waals surface area contributed by atoms with E-state index < -0.39 is 0 Å². The van der Waals surface area contributed by atoms with Gasteiger partial charge in [0, 0.05) is 6.04 Å². The van der Waals surface area contributed by atoms with Crippen LogP contribution in [-0.4, -0.2) is 19.2 Å². The smallest absolute Gasteiger partial charge is 0.119 e. The molecular weight excluding hydrogens is 338 g/mol. The zero-order valence-electron chi connectivity index (χ0n) is 15.0. The number of rotatable bonds is 6. The predicted octanol–water partition coefficient (Wildman–Crippen LogP) is 5.53. The van der Waals surface area contributed by atoms with Gasteiger partial charge in [0.2, 0.25) is 0 Å². The molecule has 3 aromatic rings. The average Bonchev–Trinajstić information content (AvgIpc) is 3.24. The number of hydrogen-bond donors (Lipinski definition) is 1. The monoisotopic (exact) mass is 363 g/mol. The van der Waals surface area contributed by atoms with Crippen LogP contribution in [0.4, 0.5) is 0 Å². The summed E-state index contributed by atoms with van der Waals surface area (Å²) in [4.78, 5) is 0. The van der Waals surface area contributed by atoms with E-state index in [-0.39, 0.29) is 0 Å². The second-order valence-electron chi connectivity index (χ2n) is 6.99. The van der Waals surface area contributed by atoms with E-state index in [9.17, 15) is 0 Å². The Kier molecular flexibility index (Phi) is 5.68. The molecule has 0 spiro atoms. The minimum Gasteiger partial charge on any atom is -0.492 e. The van der Waals surface area contributed by atoms with Gasteiger partial charge in [-0.1, -0.05) is 42.8 Å². The zero-order valence-corrected chi connectivity index (χ0v) is 15.8. The third-order valence-electron chi connectivity index (χ3n) is 5.00. The first-order chi connectivity index (χ1) is 12.9. The lowest BCUT2D eigenvalue weighted by Crippen LogP contribution is -2.38. The van der Waals surface area contributed by atoms with E-state index in [0.717, 1.165) is 25.3 Å². The largest absolute Gasteiger partial charge is 0.492 e. The third-order valence-corrected chi connectivity index (χ3v) is 5.69. The topological polar surface area (TPSA) is 21.3 Å². The maximum absolute atomic E-state index is 5.95. The highest BCUT2D eigenvalue weighted by Gasteiger charge is 2.12. The fourth-order valence-electron chi connectivity index (χ4n) is 3.45. The van der Waals surface area contributed by atoms with Crippen LogP contribution in [0.25, 0.3) is 11.1 Å². The van der Waals surface area contributed by atoms with Gasteiger partial charge in [0.1, 0.15) is 12.4 Å². The maximum Gasteiger partial charge on any atom is 0.119 e. The van der Waals surface area contributed by atoms with Crippen molar-refractivity contribution in [2.45, 2.75) is 31.7 Å². The Labute approximate surface area is 159 Å². The highest BCUT2D eigenvalue weighted by molar-refractivity contribution is 7.08. The highest BCUT2D eigenvalue weighted by atomic mass is 32.1. The Morgan fingerprint density at radius 1 is 0.885 bits per heavy atom. The second kappa shape index (κ2) is 8.52. The molecular formula is C23H25NOS. The first-order valence-electron chi connectivity index (χ1n) is 9.43. The van der Waals surface area contributed by atoms with E-state index in [0.29, 0.717) is 6.04 Å². The molecule has 134 valence electrons. The Bertz CT molecular complexity index is 787.